The number of anilines is 1. The third-order valence-electron chi connectivity index (χ3n) is 1.40. The Morgan fingerprint density at radius 2 is 2.23 bits per heavy atom. The van der Waals surface area contributed by atoms with Gasteiger partial charge in [-0.3, -0.25) is 0 Å². The molecule has 0 N–H and O–H groups in total. The maximum atomic E-state index is 5.13. The molecule has 0 saturated carbocycles. The number of hydrogen-bond acceptors (Lipinski definition) is 4. The van der Waals surface area contributed by atoms with Crippen molar-refractivity contribution < 1.29 is 4.74 Å². The smallest absolute Gasteiger partial charge is 0.233 e. The summed E-state index contributed by atoms with van der Waals surface area (Å²) in [5.74, 6) is 0.671. The number of nitrogens with zero attached hydrogens (tertiary/aromatic N) is 2. The fraction of sp³-hybridized carbons (Fsp3) is 0.375. The van der Waals surface area contributed by atoms with E-state index in [4.69, 9.17) is 4.74 Å². The van der Waals surface area contributed by atoms with Crippen LogP contribution in [0, 0.1) is 0 Å². The van der Waals surface area contributed by atoms with Gasteiger partial charge in [-0.25, -0.2) is 0 Å². The summed E-state index contributed by atoms with van der Waals surface area (Å²) >= 11 is 4.81. The minimum atomic E-state index is 0.671. The number of hydrogen-bond donors (Lipinski definition) is 0. The highest BCUT2D eigenvalue weighted by molar-refractivity contribution is 9.11. The lowest BCUT2D eigenvalue weighted by atomic mass is 10.5. The van der Waals surface area contributed by atoms with Crippen molar-refractivity contribution in [1.82, 2.24) is 4.98 Å². The van der Waals surface area contributed by atoms with Gasteiger partial charge >= 0.3 is 0 Å². The highest BCUT2D eigenvalue weighted by Gasteiger charge is 2.09. The molecular weight excluding hydrogens is 252 g/mol. The fourth-order valence-electron chi connectivity index (χ4n) is 0.807. The number of halogens is 1. The van der Waals surface area contributed by atoms with Crippen LogP contribution in [0.4, 0.5) is 5.13 Å². The summed E-state index contributed by atoms with van der Waals surface area (Å²) in [6.45, 7) is 0. The molecule has 0 bridgehead atoms. The molecule has 1 aromatic rings. The molecule has 0 radical (unpaired) electrons. The van der Waals surface area contributed by atoms with Crippen LogP contribution in [0.25, 0.3) is 6.08 Å². The van der Waals surface area contributed by atoms with Gasteiger partial charge in [0.2, 0.25) is 5.88 Å². The zero-order valence-electron chi connectivity index (χ0n) is 7.74. The summed E-state index contributed by atoms with van der Waals surface area (Å²) in [4.78, 5) is 9.06. The third-order valence-corrected chi connectivity index (χ3v) is 2.83. The lowest BCUT2D eigenvalue weighted by Gasteiger charge is -2.04. The van der Waals surface area contributed by atoms with E-state index in [1.54, 1.807) is 23.4 Å². The molecule has 0 aromatic carbocycles. The van der Waals surface area contributed by atoms with Crippen LogP contribution in [0.1, 0.15) is 4.88 Å². The first-order valence-electron chi connectivity index (χ1n) is 3.68. The van der Waals surface area contributed by atoms with Crippen molar-refractivity contribution >= 4 is 38.5 Å². The monoisotopic (exact) mass is 262 g/mol. The summed E-state index contributed by atoms with van der Waals surface area (Å²) in [5.41, 5.74) is 0. The molecule has 0 fully saturated rings. The summed E-state index contributed by atoms with van der Waals surface area (Å²) in [6, 6.07) is 0. The molecule has 5 heteroatoms. The predicted octanol–water partition coefficient (Wildman–Crippen LogP) is 2.58. The van der Waals surface area contributed by atoms with Crippen molar-refractivity contribution in [1.29, 1.82) is 0 Å². The Bertz CT molecular complexity index is 309. The zero-order chi connectivity index (χ0) is 9.84. The second kappa shape index (κ2) is 4.62. The maximum Gasteiger partial charge on any atom is 0.233 e. The first-order valence-corrected chi connectivity index (χ1v) is 5.41. The Balaban J connectivity index is 3.04. The van der Waals surface area contributed by atoms with Gasteiger partial charge in [0.05, 0.1) is 12.0 Å². The molecule has 72 valence electrons. The number of thiazole rings is 1. The van der Waals surface area contributed by atoms with Crippen LogP contribution in [-0.2, 0) is 0 Å². The number of methoxy groups -OCH3 is 1. The summed E-state index contributed by atoms with van der Waals surface area (Å²) in [7, 11) is 5.54. The molecule has 3 nitrogen and oxygen atoms in total. The van der Waals surface area contributed by atoms with E-state index in [1.807, 2.05) is 25.1 Å². The van der Waals surface area contributed by atoms with Crippen molar-refractivity contribution in [2.24, 2.45) is 0 Å². The standard InChI is InChI=1S/C8H11BrN2OS/c1-11(2)8-10-7(12-3)6(13-8)4-5-9/h4-5H,1-3H3/b5-4+. The number of aromatic nitrogens is 1. The fourth-order valence-corrected chi connectivity index (χ4v) is 2.11. The average Bonchev–Trinajstić information content (AvgIpc) is 2.48. The lowest BCUT2D eigenvalue weighted by Crippen LogP contribution is -2.07. The van der Waals surface area contributed by atoms with E-state index in [2.05, 4.69) is 20.9 Å². The van der Waals surface area contributed by atoms with Gasteiger partial charge in [-0.2, -0.15) is 4.98 Å². The second-order valence-electron chi connectivity index (χ2n) is 2.56. The van der Waals surface area contributed by atoms with Crippen molar-refractivity contribution in [3.63, 3.8) is 0 Å². The first kappa shape index (κ1) is 10.5. The van der Waals surface area contributed by atoms with E-state index < -0.39 is 0 Å². The van der Waals surface area contributed by atoms with Gasteiger partial charge in [0.15, 0.2) is 5.13 Å². The molecule has 0 amide bonds. The van der Waals surface area contributed by atoms with Gasteiger partial charge < -0.3 is 9.64 Å². The highest BCUT2D eigenvalue weighted by Crippen LogP contribution is 2.31. The number of ether oxygens (including phenoxy) is 1. The van der Waals surface area contributed by atoms with E-state index >= 15 is 0 Å². The second-order valence-corrected chi connectivity index (χ2v) is 4.09. The Morgan fingerprint density at radius 3 is 2.69 bits per heavy atom. The van der Waals surface area contributed by atoms with Gasteiger partial charge in [0.1, 0.15) is 0 Å². The minimum absolute atomic E-state index is 0.671. The minimum Gasteiger partial charge on any atom is -0.480 e. The van der Waals surface area contributed by atoms with Crippen LogP contribution in [0.15, 0.2) is 4.99 Å². The highest BCUT2D eigenvalue weighted by atomic mass is 79.9. The molecule has 0 aliphatic heterocycles. The Hall–Kier alpha value is -0.550. The van der Waals surface area contributed by atoms with Gasteiger partial charge in [-0.1, -0.05) is 27.3 Å². The van der Waals surface area contributed by atoms with Crippen LogP contribution in [0.3, 0.4) is 0 Å². The molecule has 0 atom stereocenters. The van der Waals surface area contributed by atoms with Crippen LogP contribution in [0.2, 0.25) is 0 Å². The molecule has 13 heavy (non-hydrogen) atoms. The van der Waals surface area contributed by atoms with E-state index in [1.165, 1.54) is 0 Å². The summed E-state index contributed by atoms with van der Waals surface area (Å²) in [6.07, 6.45) is 1.92. The van der Waals surface area contributed by atoms with Crippen molar-refractivity contribution in [2.45, 2.75) is 0 Å². The number of rotatable bonds is 3. The lowest BCUT2D eigenvalue weighted by molar-refractivity contribution is 0.400. The van der Waals surface area contributed by atoms with Crippen molar-refractivity contribution in [2.75, 3.05) is 26.1 Å². The van der Waals surface area contributed by atoms with Gasteiger partial charge in [-0.15, -0.1) is 0 Å². The Morgan fingerprint density at radius 1 is 1.54 bits per heavy atom. The van der Waals surface area contributed by atoms with Crippen molar-refractivity contribution in [3.8, 4) is 5.88 Å². The molecule has 0 unspecified atom stereocenters. The van der Waals surface area contributed by atoms with Gasteiger partial charge in [0, 0.05) is 14.1 Å². The van der Waals surface area contributed by atoms with Crippen molar-refractivity contribution in [3.05, 3.63) is 9.86 Å². The summed E-state index contributed by atoms with van der Waals surface area (Å²) in [5, 5.41) is 0.942. The molecule has 0 saturated heterocycles. The van der Waals surface area contributed by atoms with E-state index in [-0.39, 0.29) is 0 Å². The molecule has 0 spiro atoms. The van der Waals surface area contributed by atoms with Crippen LogP contribution in [0.5, 0.6) is 5.88 Å². The molecule has 0 aliphatic carbocycles. The van der Waals surface area contributed by atoms with Crippen LogP contribution >= 0.6 is 27.3 Å². The molecular formula is C8H11BrN2OS. The average molecular weight is 263 g/mol. The van der Waals surface area contributed by atoms with Crippen LogP contribution < -0.4 is 9.64 Å². The van der Waals surface area contributed by atoms with E-state index in [0.29, 0.717) is 5.88 Å². The maximum absolute atomic E-state index is 5.13. The third kappa shape index (κ3) is 2.45. The quantitative estimate of drug-likeness (QED) is 0.838. The predicted molar refractivity (Wildman–Crippen MR) is 61.0 cm³/mol. The topological polar surface area (TPSA) is 25.4 Å². The first-order chi connectivity index (χ1) is 6.19. The molecule has 1 heterocycles. The van der Waals surface area contributed by atoms with Gasteiger partial charge in [0.25, 0.3) is 0 Å². The van der Waals surface area contributed by atoms with Gasteiger partial charge in [-0.05, 0) is 11.1 Å². The SMILES string of the molecule is COc1nc(N(C)C)sc1/C=C/Br. The largest absolute Gasteiger partial charge is 0.480 e. The Kier molecular flexibility index (Phi) is 3.74. The summed E-state index contributed by atoms with van der Waals surface area (Å²) < 4.78 is 5.13. The Labute approximate surface area is 90.2 Å². The molecule has 0 aliphatic rings. The van der Waals surface area contributed by atoms with E-state index in [9.17, 15) is 0 Å². The van der Waals surface area contributed by atoms with E-state index in [0.717, 1.165) is 10.0 Å². The molecule has 1 rings (SSSR count). The van der Waals surface area contributed by atoms with Crippen LogP contribution in [-0.4, -0.2) is 26.2 Å². The normalized spacial score (nSPS) is 10.8. The molecule has 1 aromatic heterocycles. The zero-order valence-corrected chi connectivity index (χ0v) is 10.1.